The van der Waals surface area contributed by atoms with Crippen LogP contribution in [-0.4, -0.2) is 11.7 Å². The molecule has 1 aromatic heterocycles. The van der Waals surface area contributed by atoms with Gasteiger partial charge in [0.25, 0.3) is 0 Å². The summed E-state index contributed by atoms with van der Waals surface area (Å²) in [4.78, 5) is 0. The third-order valence-electron chi connectivity index (χ3n) is 1.40. The van der Waals surface area contributed by atoms with Gasteiger partial charge in [-0.1, -0.05) is 0 Å². The Morgan fingerprint density at radius 1 is 1.64 bits per heavy atom. The summed E-state index contributed by atoms with van der Waals surface area (Å²) in [5, 5.41) is 8.88. The topological polar surface area (TPSA) is 59.4 Å². The van der Waals surface area contributed by atoms with Crippen LogP contribution in [0, 0.1) is 0 Å². The molecule has 1 rings (SSSR count). The molecule has 0 aromatic carbocycles. The van der Waals surface area contributed by atoms with Crippen molar-refractivity contribution >= 4 is 11.6 Å². The highest BCUT2D eigenvalue weighted by molar-refractivity contribution is 6.28. The predicted octanol–water partition coefficient (Wildman–Crippen LogP) is 1.32. The smallest absolute Gasteiger partial charge is 0.193 e. The number of hydrogen-bond acceptors (Lipinski definition) is 3. The van der Waals surface area contributed by atoms with Crippen LogP contribution in [0.5, 0.6) is 0 Å². The molecule has 0 bridgehead atoms. The van der Waals surface area contributed by atoms with Crippen LogP contribution in [0.4, 0.5) is 0 Å². The second-order valence-corrected chi connectivity index (χ2v) is 2.63. The molecule has 0 amide bonds. The van der Waals surface area contributed by atoms with Gasteiger partial charge in [-0.3, -0.25) is 0 Å². The molecule has 0 radical (unpaired) electrons. The molecular weight excluding hydrogens is 166 g/mol. The maximum Gasteiger partial charge on any atom is 0.193 e. The normalized spacial score (nSPS) is 13.4. The minimum absolute atomic E-state index is 0.0550. The summed E-state index contributed by atoms with van der Waals surface area (Å²) < 4.78 is 5.03. The van der Waals surface area contributed by atoms with Gasteiger partial charge in [0.2, 0.25) is 0 Å². The molecule has 0 aliphatic rings. The molecule has 4 heteroatoms. The Hall–Kier alpha value is -0.510. The first-order valence-electron chi connectivity index (χ1n) is 3.35. The van der Waals surface area contributed by atoms with Gasteiger partial charge in [-0.25, -0.2) is 0 Å². The van der Waals surface area contributed by atoms with E-state index in [2.05, 4.69) is 0 Å². The molecule has 0 fully saturated rings. The van der Waals surface area contributed by atoms with Crippen molar-refractivity contribution in [3.63, 3.8) is 0 Å². The highest BCUT2D eigenvalue weighted by Gasteiger charge is 2.08. The van der Waals surface area contributed by atoms with Crippen LogP contribution < -0.4 is 5.73 Å². The molecule has 0 saturated heterocycles. The van der Waals surface area contributed by atoms with E-state index in [0.717, 1.165) is 0 Å². The number of rotatable bonds is 3. The maximum atomic E-state index is 8.55. The molecule has 3 nitrogen and oxygen atoms in total. The number of aliphatic hydroxyl groups is 1. The molecule has 1 aromatic rings. The van der Waals surface area contributed by atoms with Crippen molar-refractivity contribution in [3.05, 3.63) is 23.1 Å². The summed E-state index contributed by atoms with van der Waals surface area (Å²) >= 11 is 5.52. The Balaban J connectivity index is 2.60. The van der Waals surface area contributed by atoms with Gasteiger partial charge in [0, 0.05) is 6.61 Å². The van der Waals surface area contributed by atoms with Crippen LogP contribution in [0.25, 0.3) is 0 Å². The molecule has 1 heterocycles. The van der Waals surface area contributed by atoms with Crippen molar-refractivity contribution in [1.82, 2.24) is 0 Å². The number of hydrogen-bond donors (Lipinski definition) is 2. The van der Waals surface area contributed by atoms with E-state index in [-0.39, 0.29) is 12.6 Å². The summed E-state index contributed by atoms with van der Waals surface area (Å²) in [5.41, 5.74) is 5.61. The van der Waals surface area contributed by atoms with E-state index in [9.17, 15) is 0 Å². The van der Waals surface area contributed by atoms with E-state index in [1.807, 2.05) is 0 Å². The van der Waals surface area contributed by atoms with Crippen LogP contribution >= 0.6 is 11.6 Å². The van der Waals surface area contributed by atoms with Crippen molar-refractivity contribution in [3.8, 4) is 0 Å². The minimum Gasteiger partial charge on any atom is -0.448 e. The quantitative estimate of drug-likeness (QED) is 0.729. The summed E-state index contributed by atoms with van der Waals surface area (Å²) in [6.07, 6.45) is 0.490. The van der Waals surface area contributed by atoms with E-state index in [0.29, 0.717) is 17.4 Å². The van der Waals surface area contributed by atoms with Crippen LogP contribution in [0.1, 0.15) is 18.2 Å². The maximum absolute atomic E-state index is 8.55. The third-order valence-corrected chi connectivity index (χ3v) is 1.60. The first-order valence-corrected chi connectivity index (χ1v) is 3.73. The van der Waals surface area contributed by atoms with Crippen LogP contribution in [0.15, 0.2) is 16.5 Å². The lowest BCUT2D eigenvalue weighted by molar-refractivity contribution is 0.269. The monoisotopic (exact) mass is 175 g/mol. The van der Waals surface area contributed by atoms with E-state index in [1.165, 1.54) is 0 Å². The fourth-order valence-corrected chi connectivity index (χ4v) is 0.961. The lowest BCUT2D eigenvalue weighted by atomic mass is 10.2. The van der Waals surface area contributed by atoms with E-state index >= 15 is 0 Å². The Kier molecular flexibility index (Phi) is 2.93. The summed E-state index contributed by atoms with van der Waals surface area (Å²) in [6.45, 7) is 0.0550. The van der Waals surface area contributed by atoms with Gasteiger partial charge < -0.3 is 15.3 Å². The van der Waals surface area contributed by atoms with Gasteiger partial charge in [0.15, 0.2) is 5.22 Å². The lowest BCUT2D eigenvalue weighted by Gasteiger charge is -2.04. The number of aliphatic hydroxyl groups excluding tert-OH is 1. The van der Waals surface area contributed by atoms with Gasteiger partial charge >= 0.3 is 0 Å². The SMILES string of the molecule is N[C@@H](CCO)c1ccc(Cl)o1. The van der Waals surface area contributed by atoms with Crippen LogP contribution in [0.2, 0.25) is 5.22 Å². The zero-order valence-electron chi connectivity index (χ0n) is 5.96. The average Bonchev–Trinajstić information content (AvgIpc) is 2.36. The lowest BCUT2D eigenvalue weighted by Crippen LogP contribution is -2.10. The van der Waals surface area contributed by atoms with Gasteiger partial charge in [0.05, 0.1) is 6.04 Å². The molecule has 0 aliphatic heterocycles. The van der Waals surface area contributed by atoms with Gasteiger partial charge in [-0.05, 0) is 30.2 Å². The summed E-state index contributed by atoms with van der Waals surface area (Å²) in [5.74, 6) is 0.615. The molecule has 0 spiro atoms. The highest BCUT2D eigenvalue weighted by atomic mass is 35.5. The largest absolute Gasteiger partial charge is 0.448 e. The van der Waals surface area contributed by atoms with E-state index < -0.39 is 0 Å². The minimum atomic E-state index is -0.257. The standard InChI is InChI=1S/C7H10ClNO2/c8-7-2-1-6(11-7)5(9)3-4-10/h1-2,5,10H,3-4,9H2/t5-/m0/s1. The molecule has 0 unspecified atom stereocenters. The zero-order valence-corrected chi connectivity index (χ0v) is 6.71. The van der Waals surface area contributed by atoms with Crippen molar-refractivity contribution in [2.45, 2.75) is 12.5 Å². The number of halogens is 1. The van der Waals surface area contributed by atoms with Crippen molar-refractivity contribution < 1.29 is 9.52 Å². The van der Waals surface area contributed by atoms with Crippen LogP contribution in [-0.2, 0) is 0 Å². The Bertz CT molecular complexity index is 224. The van der Waals surface area contributed by atoms with Crippen molar-refractivity contribution in [2.75, 3.05) is 6.61 Å². The fourth-order valence-electron chi connectivity index (χ4n) is 0.809. The second-order valence-electron chi connectivity index (χ2n) is 2.26. The number of nitrogens with two attached hydrogens (primary N) is 1. The molecule has 0 saturated carbocycles. The van der Waals surface area contributed by atoms with Gasteiger partial charge in [-0.15, -0.1) is 0 Å². The van der Waals surface area contributed by atoms with Gasteiger partial charge in [-0.2, -0.15) is 0 Å². The van der Waals surface area contributed by atoms with Crippen molar-refractivity contribution in [1.29, 1.82) is 0 Å². The molecule has 0 aliphatic carbocycles. The first-order chi connectivity index (χ1) is 5.24. The van der Waals surface area contributed by atoms with E-state index in [4.69, 9.17) is 26.9 Å². The Morgan fingerprint density at radius 3 is 2.82 bits per heavy atom. The summed E-state index contributed by atoms with van der Waals surface area (Å²) in [6, 6.07) is 3.09. The highest BCUT2D eigenvalue weighted by Crippen LogP contribution is 2.19. The predicted molar refractivity (Wildman–Crippen MR) is 42.3 cm³/mol. The third kappa shape index (κ3) is 2.22. The zero-order chi connectivity index (χ0) is 8.27. The van der Waals surface area contributed by atoms with Gasteiger partial charge in [0.1, 0.15) is 5.76 Å². The first kappa shape index (κ1) is 8.59. The van der Waals surface area contributed by atoms with Crippen LogP contribution in [0.3, 0.4) is 0 Å². The molecule has 1 atom stereocenters. The molecule has 3 N–H and O–H groups in total. The molecule has 62 valence electrons. The Labute approximate surface area is 69.8 Å². The fraction of sp³-hybridized carbons (Fsp3) is 0.429. The van der Waals surface area contributed by atoms with E-state index in [1.54, 1.807) is 12.1 Å². The summed E-state index contributed by atoms with van der Waals surface area (Å²) in [7, 11) is 0. The Morgan fingerprint density at radius 2 is 2.36 bits per heavy atom. The number of furan rings is 1. The van der Waals surface area contributed by atoms with Crippen molar-refractivity contribution in [2.24, 2.45) is 5.73 Å². The average molecular weight is 176 g/mol. The molecule has 11 heavy (non-hydrogen) atoms. The second kappa shape index (κ2) is 3.76. The molecular formula is C7H10ClNO2.